The van der Waals surface area contributed by atoms with E-state index < -0.39 is 34.2 Å². The molecule has 0 saturated heterocycles. The third kappa shape index (κ3) is 4.83. The smallest absolute Gasteiger partial charge is 0.311 e. The average molecular weight is 567 g/mol. The number of nitrogens with zero attached hydrogens (tertiary/aromatic N) is 5. The van der Waals surface area contributed by atoms with Gasteiger partial charge in [0.2, 0.25) is 5.75 Å². The van der Waals surface area contributed by atoms with Gasteiger partial charge in [0.1, 0.15) is 11.6 Å². The summed E-state index contributed by atoms with van der Waals surface area (Å²) in [4.78, 5) is 58.7. The molecule has 41 heavy (non-hydrogen) atoms. The lowest BCUT2D eigenvalue weighted by Gasteiger charge is -2.41. The van der Waals surface area contributed by atoms with Gasteiger partial charge in [0.15, 0.2) is 5.69 Å². The summed E-state index contributed by atoms with van der Waals surface area (Å²) in [5, 5.41) is 16.3. The Morgan fingerprint density at radius 2 is 1.93 bits per heavy atom. The molecule has 0 radical (unpaired) electrons. The number of likely N-dealkylation sites (N-methyl/N-ethyl adjacent to an activating group) is 1. The summed E-state index contributed by atoms with van der Waals surface area (Å²) < 4.78 is 20.5. The van der Waals surface area contributed by atoms with E-state index in [4.69, 9.17) is 4.74 Å². The van der Waals surface area contributed by atoms with Crippen LogP contribution in [-0.4, -0.2) is 68.8 Å². The number of amides is 3. The third-order valence-corrected chi connectivity index (χ3v) is 8.11. The second-order valence-electron chi connectivity index (χ2n) is 10.9. The van der Waals surface area contributed by atoms with Crippen molar-refractivity contribution in [1.29, 1.82) is 0 Å². The number of H-pyrrole nitrogens is 1. The lowest BCUT2D eigenvalue weighted by atomic mass is 9.67. The standard InChI is InChI=1S/C27H31FN8O5/c1-15-11-16(5-6-17(15)28)12-29-21(37)19-20(41-4)23(39)36-14-26(18-13-30-34-33-18)7-9-27(10-8-26,25(36)31-19)32-22(38)24(40)35(2)3/h5-6,11,13H,7-10,12,14H2,1-4H3,(H,29,37)(H,32,38)(H,30,33,34). The molecule has 6 rings (SSSR count). The van der Waals surface area contributed by atoms with E-state index in [1.807, 2.05) is 0 Å². The van der Waals surface area contributed by atoms with Crippen molar-refractivity contribution < 1.29 is 23.5 Å². The van der Waals surface area contributed by atoms with E-state index in [9.17, 15) is 23.6 Å². The van der Waals surface area contributed by atoms with Gasteiger partial charge in [0, 0.05) is 32.6 Å². The van der Waals surface area contributed by atoms with Gasteiger partial charge < -0.3 is 20.3 Å². The fourth-order valence-electron chi connectivity index (χ4n) is 5.77. The minimum Gasteiger partial charge on any atom is -0.489 e. The van der Waals surface area contributed by atoms with Crippen molar-refractivity contribution >= 4 is 17.7 Å². The molecule has 2 aliphatic heterocycles. The molecule has 3 amide bonds. The van der Waals surface area contributed by atoms with E-state index in [-0.39, 0.29) is 36.2 Å². The van der Waals surface area contributed by atoms with Crippen LogP contribution in [0.2, 0.25) is 0 Å². The van der Waals surface area contributed by atoms with Crippen molar-refractivity contribution in [2.24, 2.45) is 0 Å². The molecule has 1 aromatic carbocycles. The van der Waals surface area contributed by atoms with Gasteiger partial charge in [-0.1, -0.05) is 17.3 Å². The zero-order valence-corrected chi connectivity index (χ0v) is 23.2. The summed E-state index contributed by atoms with van der Waals surface area (Å²) in [6.07, 6.45) is 3.33. The molecule has 4 heterocycles. The van der Waals surface area contributed by atoms with Crippen LogP contribution in [0.5, 0.6) is 5.75 Å². The second kappa shape index (κ2) is 10.4. The van der Waals surface area contributed by atoms with Gasteiger partial charge in [-0.25, -0.2) is 9.37 Å². The van der Waals surface area contributed by atoms with Crippen LogP contribution in [0.15, 0.2) is 29.2 Å². The van der Waals surface area contributed by atoms with Crippen LogP contribution in [0.3, 0.4) is 0 Å². The molecule has 3 aromatic rings. The molecule has 2 bridgehead atoms. The Hall–Kier alpha value is -4.62. The normalized spacial score (nSPS) is 21.0. The summed E-state index contributed by atoms with van der Waals surface area (Å²) >= 11 is 0. The maximum absolute atomic E-state index is 13.9. The van der Waals surface area contributed by atoms with Gasteiger partial charge in [0.25, 0.3) is 11.5 Å². The number of carbonyl (C=O) groups excluding carboxylic acids is 3. The molecule has 1 fully saturated rings. The number of methoxy groups -OCH3 is 1. The number of ether oxygens (including phenoxy) is 1. The number of aromatic nitrogens is 5. The maximum Gasteiger partial charge on any atom is 0.311 e. The highest BCUT2D eigenvalue weighted by atomic mass is 19.1. The number of benzene rings is 1. The Bertz CT molecular complexity index is 1570. The van der Waals surface area contributed by atoms with E-state index in [0.717, 1.165) is 10.6 Å². The molecule has 2 aromatic heterocycles. The highest BCUT2D eigenvalue weighted by molar-refractivity contribution is 6.35. The molecular formula is C27H31FN8O5. The zero-order valence-electron chi connectivity index (χ0n) is 23.2. The fourth-order valence-corrected chi connectivity index (χ4v) is 5.77. The van der Waals surface area contributed by atoms with Gasteiger partial charge in [-0.2, -0.15) is 0 Å². The number of aromatic amines is 1. The Kier molecular flexibility index (Phi) is 7.09. The van der Waals surface area contributed by atoms with E-state index in [2.05, 4.69) is 31.0 Å². The number of hydrogen-bond donors (Lipinski definition) is 3. The average Bonchev–Trinajstić information content (AvgIpc) is 3.42. The van der Waals surface area contributed by atoms with Crippen LogP contribution in [0.4, 0.5) is 4.39 Å². The molecule has 1 aliphatic carbocycles. The van der Waals surface area contributed by atoms with E-state index in [0.29, 0.717) is 36.8 Å². The van der Waals surface area contributed by atoms with Crippen molar-refractivity contribution in [3.8, 4) is 5.75 Å². The summed E-state index contributed by atoms with van der Waals surface area (Å²) in [7, 11) is 4.21. The summed E-state index contributed by atoms with van der Waals surface area (Å²) in [5.74, 6) is -2.73. The molecule has 14 heteroatoms. The first kappa shape index (κ1) is 27.9. The van der Waals surface area contributed by atoms with Crippen LogP contribution >= 0.6 is 0 Å². The number of nitrogens with one attached hydrogen (secondary N) is 3. The van der Waals surface area contributed by atoms with Crippen molar-refractivity contribution in [3.63, 3.8) is 0 Å². The largest absolute Gasteiger partial charge is 0.489 e. The Labute approximate surface area is 234 Å². The third-order valence-electron chi connectivity index (χ3n) is 8.11. The zero-order chi connectivity index (χ0) is 29.5. The fraction of sp³-hybridized carbons (Fsp3) is 0.444. The predicted molar refractivity (Wildman–Crippen MR) is 142 cm³/mol. The second-order valence-corrected chi connectivity index (χ2v) is 10.9. The molecule has 13 nitrogen and oxygen atoms in total. The molecule has 1 saturated carbocycles. The van der Waals surface area contributed by atoms with E-state index in [1.165, 1.54) is 31.8 Å². The van der Waals surface area contributed by atoms with Crippen molar-refractivity contribution in [3.05, 3.63) is 68.9 Å². The predicted octanol–water partition coefficient (Wildman–Crippen LogP) is 0.673. The minimum absolute atomic E-state index is 0.0539. The molecule has 3 N–H and O–H groups in total. The SMILES string of the molecule is COc1c(C(=O)NCc2ccc(F)c(C)c2)nc2n(c1=O)CC1(c3cnn[nH]3)CCC2(NC(=O)C(=O)N(C)C)CC1. The van der Waals surface area contributed by atoms with Gasteiger partial charge in [-0.15, -0.1) is 5.10 Å². The number of rotatable bonds is 6. The molecular weight excluding hydrogens is 535 g/mol. The van der Waals surface area contributed by atoms with Crippen LogP contribution < -0.4 is 20.9 Å². The lowest BCUT2D eigenvalue weighted by molar-refractivity contribution is -0.145. The van der Waals surface area contributed by atoms with Gasteiger partial charge in [-0.05, 0) is 49.8 Å². The molecule has 216 valence electrons. The Balaban J connectivity index is 1.59. The van der Waals surface area contributed by atoms with Gasteiger partial charge >= 0.3 is 11.8 Å². The minimum atomic E-state index is -1.20. The first-order valence-corrected chi connectivity index (χ1v) is 13.1. The monoisotopic (exact) mass is 566 g/mol. The maximum atomic E-state index is 13.9. The van der Waals surface area contributed by atoms with E-state index >= 15 is 0 Å². The van der Waals surface area contributed by atoms with Gasteiger partial charge in [0.05, 0.1) is 24.5 Å². The highest BCUT2D eigenvalue weighted by Gasteiger charge is 2.53. The van der Waals surface area contributed by atoms with Crippen LogP contribution in [0.1, 0.15) is 58.8 Å². The van der Waals surface area contributed by atoms with Crippen molar-refractivity contribution in [2.45, 2.75) is 56.7 Å². The summed E-state index contributed by atoms with van der Waals surface area (Å²) in [6, 6.07) is 4.47. The van der Waals surface area contributed by atoms with Crippen LogP contribution in [0.25, 0.3) is 0 Å². The molecule has 0 atom stereocenters. The number of fused-ring (bicyclic) bond motifs is 2. The number of carbonyl (C=O) groups is 3. The topological polar surface area (TPSA) is 164 Å². The quantitative estimate of drug-likeness (QED) is 0.367. The Morgan fingerprint density at radius 3 is 2.54 bits per heavy atom. The first-order chi connectivity index (χ1) is 19.5. The number of aryl methyl sites for hydroxylation is 1. The van der Waals surface area contributed by atoms with Crippen LogP contribution in [-0.2, 0) is 33.6 Å². The summed E-state index contributed by atoms with van der Waals surface area (Å²) in [6.45, 7) is 1.84. The highest BCUT2D eigenvalue weighted by Crippen LogP contribution is 2.50. The molecule has 0 spiro atoms. The van der Waals surface area contributed by atoms with E-state index in [1.54, 1.807) is 25.3 Å². The molecule has 0 unspecified atom stereocenters. The van der Waals surface area contributed by atoms with Crippen LogP contribution in [0, 0.1) is 12.7 Å². The Morgan fingerprint density at radius 1 is 1.20 bits per heavy atom. The summed E-state index contributed by atoms with van der Waals surface area (Å²) in [5.41, 5.74) is -0.812. The molecule has 3 aliphatic rings. The first-order valence-electron chi connectivity index (χ1n) is 13.1. The lowest BCUT2D eigenvalue weighted by Crippen LogP contribution is -2.54. The van der Waals surface area contributed by atoms with Gasteiger partial charge in [-0.3, -0.25) is 28.8 Å². The van der Waals surface area contributed by atoms with Crippen molar-refractivity contribution in [2.75, 3.05) is 21.2 Å². The number of halogens is 1. The van der Waals surface area contributed by atoms with Crippen molar-refractivity contribution in [1.82, 2.24) is 40.5 Å². The number of hydrogen-bond acceptors (Lipinski definition) is 8.